The Labute approximate surface area is 139 Å². The maximum Gasteiger partial charge on any atom is 0.311 e. The van der Waals surface area contributed by atoms with Crippen molar-refractivity contribution < 1.29 is 9.90 Å². The number of fused-ring (bicyclic) bond motifs is 3. The highest BCUT2D eigenvalue weighted by atomic mass is 32.1. The Morgan fingerprint density at radius 2 is 2.22 bits per heavy atom. The first-order valence-corrected chi connectivity index (χ1v) is 9.06. The number of thiophene rings is 1. The van der Waals surface area contributed by atoms with Gasteiger partial charge in [0, 0.05) is 17.3 Å². The molecule has 0 saturated carbocycles. The lowest BCUT2D eigenvalue weighted by molar-refractivity contribution is -0.138. The van der Waals surface area contributed by atoms with Gasteiger partial charge in [0.2, 0.25) is 0 Å². The largest absolute Gasteiger partial charge is 0.481 e. The molecule has 0 radical (unpaired) electrons. The summed E-state index contributed by atoms with van der Waals surface area (Å²) in [5, 5.41) is 10.0. The van der Waals surface area contributed by atoms with Gasteiger partial charge in [-0.15, -0.1) is 11.3 Å². The van der Waals surface area contributed by atoms with E-state index in [1.807, 2.05) is 13.8 Å². The lowest BCUT2D eigenvalue weighted by Gasteiger charge is -2.15. The Hall–Kier alpha value is -1.69. The number of unbranched alkanes of at least 4 members (excludes halogenated alkanes) is 1. The molecule has 0 spiro atoms. The van der Waals surface area contributed by atoms with Crippen molar-refractivity contribution in [1.29, 1.82) is 0 Å². The Kier molecular flexibility index (Phi) is 4.27. The lowest BCUT2D eigenvalue weighted by atomic mass is 10.0. The van der Waals surface area contributed by atoms with Gasteiger partial charge in [-0.05, 0) is 24.8 Å². The standard InChI is InChI=1S/C17H22N2O3S/c1-4-5-8-19-14(9(2)3)18-15-13(16(19)20)12-10(17(21)22)6-7-11(12)23-15/h9-10H,4-8H2,1-3H3,(H,21,22). The van der Waals surface area contributed by atoms with Crippen molar-refractivity contribution in [2.45, 2.75) is 64.8 Å². The minimum atomic E-state index is -0.837. The van der Waals surface area contributed by atoms with Crippen LogP contribution in [-0.2, 0) is 17.8 Å². The molecule has 1 aliphatic rings. The predicted octanol–water partition coefficient (Wildman–Crippen LogP) is 3.50. The van der Waals surface area contributed by atoms with Gasteiger partial charge in [0.05, 0.1) is 11.3 Å². The van der Waals surface area contributed by atoms with Crippen LogP contribution in [0.4, 0.5) is 0 Å². The van der Waals surface area contributed by atoms with Crippen LogP contribution in [-0.4, -0.2) is 20.6 Å². The van der Waals surface area contributed by atoms with Gasteiger partial charge < -0.3 is 5.11 Å². The molecule has 1 N–H and O–H groups in total. The molecule has 0 fully saturated rings. The van der Waals surface area contributed by atoms with Crippen LogP contribution in [0.1, 0.15) is 68.1 Å². The number of nitrogens with zero attached hydrogens (tertiary/aromatic N) is 2. The van der Waals surface area contributed by atoms with E-state index in [0.29, 0.717) is 23.2 Å². The van der Waals surface area contributed by atoms with Crippen LogP contribution >= 0.6 is 11.3 Å². The number of aryl methyl sites for hydroxylation is 1. The first-order valence-electron chi connectivity index (χ1n) is 8.24. The third kappa shape index (κ3) is 2.59. The molecule has 2 heterocycles. The Bertz CT molecular complexity index is 819. The van der Waals surface area contributed by atoms with Crippen molar-refractivity contribution in [1.82, 2.24) is 9.55 Å². The van der Waals surface area contributed by atoms with E-state index in [2.05, 4.69) is 6.92 Å². The van der Waals surface area contributed by atoms with Gasteiger partial charge in [-0.3, -0.25) is 14.2 Å². The second-order valence-corrected chi connectivity index (χ2v) is 7.57. The summed E-state index contributed by atoms with van der Waals surface area (Å²) in [7, 11) is 0. The average molecular weight is 334 g/mol. The summed E-state index contributed by atoms with van der Waals surface area (Å²) in [5.41, 5.74) is 0.674. The summed E-state index contributed by atoms with van der Waals surface area (Å²) < 4.78 is 1.76. The van der Waals surface area contributed by atoms with Gasteiger partial charge in [0.15, 0.2) is 0 Å². The molecule has 1 unspecified atom stereocenters. The highest BCUT2D eigenvalue weighted by Gasteiger charge is 2.34. The smallest absolute Gasteiger partial charge is 0.311 e. The zero-order chi connectivity index (χ0) is 16.7. The third-order valence-electron chi connectivity index (χ3n) is 4.51. The first kappa shape index (κ1) is 16.2. The van der Waals surface area contributed by atoms with Gasteiger partial charge in [-0.1, -0.05) is 27.2 Å². The van der Waals surface area contributed by atoms with Crippen LogP contribution in [0.5, 0.6) is 0 Å². The highest BCUT2D eigenvalue weighted by molar-refractivity contribution is 7.18. The maximum absolute atomic E-state index is 13.1. The molecule has 2 aromatic rings. The van der Waals surface area contributed by atoms with Crippen LogP contribution < -0.4 is 5.56 Å². The number of hydrogen-bond donors (Lipinski definition) is 1. The van der Waals surface area contributed by atoms with Crippen molar-refractivity contribution in [2.24, 2.45) is 0 Å². The third-order valence-corrected chi connectivity index (χ3v) is 5.67. The van der Waals surface area contributed by atoms with Crippen molar-refractivity contribution in [3.63, 3.8) is 0 Å². The van der Waals surface area contributed by atoms with Crippen LogP contribution in [0.3, 0.4) is 0 Å². The van der Waals surface area contributed by atoms with Crippen LogP contribution in [0, 0.1) is 0 Å². The Balaban J connectivity index is 2.28. The minimum absolute atomic E-state index is 0.0576. The molecular weight excluding hydrogens is 312 g/mol. The van der Waals surface area contributed by atoms with Gasteiger partial charge in [0.25, 0.3) is 5.56 Å². The zero-order valence-electron chi connectivity index (χ0n) is 13.8. The number of carboxylic acids is 1. The van der Waals surface area contributed by atoms with E-state index in [1.165, 1.54) is 11.3 Å². The molecule has 0 aromatic carbocycles. The van der Waals surface area contributed by atoms with Gasteiger partial charge in [-0.25, -0.2) is 4.98 Å². The molecule has 3 rings (SSSR count). The summed E-state index contributed by atoms with van der Waals surface area (Å²) in [4.78, 5) is 31.1. The number of rotatable bonds is 5. The molecule has 0 aliphatic heterocycles. The second kappa shape index (κ2) is 6.07. The van der Waals surface area contributed by atoms with E-state index in [-0.39, 0.29) is 11.5 Å². The van der Waals surface area contributed by atoms with Crippen molar-refractivity contribution in [2.75, 3.05) is 0 Å². The number of carbonyl (C=O) groups is 1. The van der Waals surface area contributed by atoms with Gasteiger partial charge >= 0.3 is 5.97 Å². The van der Waals surface area contributed by atoms with E-state index in [1.54, 1.807) is 4.57 Å². The summed E-state index contributed by atoms with van der Waals surface area (Å²) in [6.07, 6.45) is 3.24. The summed E-state index contributed by atoms with van der Waals surface area (Å²) in [6, 6.07) is 0. The lowest BCUT2D eigenvalue weighted by Crippen LogP contribution is -2.26. The molecule has 23 heavy (non-hydrogen) atoms. The Morgan fingerprint density at radius 3 is 2.83 bits per heavy atom. The fraction of sp³-hybridized carbons (Fsp3) is 0.588. The molecule has 1 aliphatic carbocycles. The minimum Gasteiger partial charge on any atom is -0.481 e. The molecule has 0 amide bonds. The molecule has 5 nitrogen and oxygen atoms in total. The number of aliphatic carboxylic acids is 1. The van der Waals surface area contributed by atoms with E-state index < -0.39 is 11.9 Å². The SMILES string of the molecule is CCCCn1c(C(C)C)nc2sc3c(c2c1=O)C(C(=O)O)CC3. The normalized spacial score (nSPS) is 17.1. The number of aromatic nitrogens is 2. The first-order chi connectivity index (χ1) is 11.0. The maximum atomic E-state index is 13.1. The molecular formula is C17H22N2O3S. The van der Waals surface area contributed by atoms with Gasteiger partial charge in [-0.2, -0.15) is 0 Å². The molecule has 6 heteroatoms. The van der Waals surface area contributed by atoms with Crippen molar-refractivity contribution >= 4 is 27.5 Å². The quantitative estimate of drug-likeness (QED) is 0.908. The van der Waals surface area contributed by atoms with E-state index in [4.69, 9.17) is 4.98 Å². The van der Waals surface area contributed by atoms with Crippen LogP contribution in [0.15, 0.2) is 4.79 Å². The molecule has 1 atom stereocenters. The molecule has 0 saturated heterocycles. The average Bonchev–Trinajstić information content (AvgIpc) is 3.03. The van der Waals surface area contributed by atoms with Crippen LogP contribution in [0.2, 0.25) is 0 Å². The van der Waals surface area contributed by atoms with Crippen molar-refractivity contribution in [3.8, 4) is 0 Å². The summed E-state index contributed by atoms with van der Waals surface area (Å²) in [5.74, 6) is -0.424. The summed E-state index contributed by atoms with van der Waals surface area (Å²) >= 11 is 1.50. The summed E-state index contributed by atoms with van der Waals surface area (Å²) in [6.45, 7) is 6.82. The predicted molar refractivity (Wildman–Crippen MR) is 91.6 cm³/mol. The second-order valence-electron chi connectivity index (χ2n) is 6.48. The Morgan fingerprint density at radius 1 is 1.48 bits per heavy atom. The zero-order valence-corrected chi connectivity index (χ0v) is 14.6. The van der Waals surface area contributed by atoms with E-state index in [0.717, 1.165) is 35.5 Å². The van der Waals surface area contributed by atoms with Crippen LogP contribution in [0.25, 0.3) is 10.2 Å². The highest BCUT2D eigenvalue weighted by Crippen LogP contribution is 2.42. The topological polar surface area (TPSA) is 72.2 Å². The fourth-order valence-electron chi connectivity index (χ4n) is 3.36. The van der Waals surface area contributed by atoms with Gasteiger partial charge in [0.1, 0.15) is 10.7 Å². The monoisotopic (exact) mass is 334 g/mol. The number of carboxylic acid groups (broad SMARTS) is 1. The van der Waals surface area contributed by atoms with E-state index >= 15 is 0 Å². The molecule has 0 bridgehead atoms. The molecule has 2 aromatic heterocycles. The fourth-order valence-corrected chi connectivity index (χ4v) is 4.61. The number of hydrogen-bond acceptors (Lipinski definition) is 4. The van der Waals surface area contributed by atoms with E-state index in [9.17, 15) is 14.7 Å². The van der Waals surface area contributed by atoms with Crippen molar-refractivity contribution in [3.05, 3.63) is 26.6 Å². The molecule has 124 valence electrons.